The lowest BCUT2D eigenvalue weighted by molar-refractivity contribution is 0.347. The number of hydrogen-bond donors (Lipinski definition) is 5. The number of hydrogen-bond acceptors (Lipinski definition) is 7. The molecule has 0 bridgehead atoms. The molecule has 27 heavy (non-hydrogen) atoms. The van der Waals surface area contributed by atoms with Crippen LogP contribution >= 0.6 is 0 Å². The maximum atomic E-state index is 10.4. The van der Waals surface area contributed by atoms with Crippen molar-refractivity contribution in [2.45, 2.75) is 24.8 Å². The van der Waals surface area contributed by atoms with Gasteiger partial charge in [-0.05, 0) is 50.1 Å². The van der Waals surface area contributed by atoms with Gasteiger partial charge in [0.1, 0.15) is 5.75 Å². The number of nitrogens with one attached hydrogen (secondary N) is 2. The van der Waals surface area contributed by atoms with Crippen LogP contribution in [0.3, 0.4) is 0 Å². The predicted octanol–water partition coefficient (Wildman–Crippen LogP) is 1.16. The van der Waals surface area contributed by atoms with Crippen molar-refractivity contribution in [1.29, 1.82) is 0 Å². The molecule has 1 atom stereocenters. The first-order chi connectivity index (χ1) is 13.1. The summed E-state index contributed by atoms with van der Waals surface area (Å²) in [6, 6.07) is 5.44. The molecule has 0 aromatic heterocycles. The standard InChI is InChI=1S/C20H28N6O/c21-17(16-4-3-15(13-18(16)27)26-11-2-10-24-26)5-6-19(22)25-12-8-20(14-25)7-1-9-23-20/h2-6,11,13,23-24,27H,1,7-10,12,14,21-22H2/b17-5-,19-6+. The second kappa shape index (κ2) is 7.17. The Kier molecular flexibility index (Phi) is 4.72. The van der Waals surface area contributed by atoms with Crippen LogP contribution in [0.15, 0.2) is 48.4 Å². The zero-order valence-electron chi connectivity index (χ0n) is 15.5. The van der Waals surface area contributed by atoms with Gasteiger partial charge in [0.15, 0.2) is 0 Å². The molecule has 144 valence electrons. The third kappa shape index (κ3) is 3.61. The van der Waals surface area contributed by atoms with Crippen molar-refractivity contribution in [3.05, 3.63) is 54.0 Å². The predicted molar refractivity (Wildman–Crippen MR) is 108 cm³/mol. The number of phenols is 1. The first-order valence-electron chi connectivity index (χ1n) is 9.52. The van der Waals surface area contributed by atoms with Crippen LogP contribution < -0.4 is 27.2 Å². The largest absolute Gasteiger partial charge is 0.507 e. The molecule has 3 aliphatic heterocycles. The molecule has 0 radical (unpaired) electrons. The van der Waals surface area contributed by atoms with E-state index in [9.17, 15) is 5.11 Å². The lowest BCUT2D eigenvalue weighted by Gasteiger charge is -2.25. The van der Waals surface area contributed by atoms with E-state index in [-0.39, 0.29) is 11.3 Å². The maximum absolute atomic E-state index is 10.4. The van der Waals surface area contributed by atoms with Gasteiger partial charge in [0, 0.05) is 48.7 Å². The second-order valence-electron chi connectivity index (χ2n) is 7.51. The minimum Gasteiger partial charge on any atom is -0.507 e. The minimum absolute atomic E-state index is 0.144. The third-order valence-corrected chi connectivity index (χ3v) is 5.69. The first kappa shape index (κ1) is 17.8. The van der Waals surface area contributed by atoms with Gasteiger partial charge in [-0.1, -0.05) is 6.08 Å². The van der Waals surface area contributed by atoms with Gasteiger partial charge < -0.3 is 26.8 Å². The third-order valence-electron chi connectivity index (χ3n) is 5.69. The fourth-order valence-corrected chi connectivity index (χ4v) is 4.13. The van der Waals surface area contributed by atoms with E-state index in [2.05, 4.69) is 15.6 Å². The number of allylic oxidation sites excluding steroid dienone is 2. The Hall–Kier alpha value is -2.64. The number of rotatable bonds is 4. The van der Waals surface area contributed by atoms with Crippen LogP contribution in [0, 0.1) is 0 Å². The van der Waals surface area contributed by atoms with E-state index < -0.39 is 0 Å². The van der Waals surface area contributed by atoms with Gasteiger partial charge in [0.2, 0.25) is 0 Å². The van der Waals surface area contributed by atoms with Crippen molar-refractivity contribution >= 4 is 11.4 Å². The number of benzene rings is 1. The van der Waals surface area contributed by atoms with Crippen LogP contribution in [0.1, 0.15) is 24.8 Å². The van der Waals surface area contributed by atoms with Crippen LogP contribution in [-0.4, -0.2) is 41.7 Å². The van der Waals surface area contributed by atoms with Crippen molar-refractivity contribution in [3.8, 4) is 5.75 Å². The van der Waals surface area contributed by atoms with Crippen LogP contribution in [0.4, 0.5) is 5.69 Å². The molecule has 1 unspecified atom stereocenters. The molecule has 0 saturated carbocycles. The normalized spacial score (nSPS) is 25.9. The minimum atomic E-state index is 0.144. The molecular weight excluding hydrogens is 340 g/mol. The van der Waals surface area contributed by atoms with E-state index >= 15 is 0 Å². The maximum Gasteiger partial charge on any atom is 0.127 e. The Morgan fingerprint density at radius 3 is 2.81 bits per heavy atom. The SMILES string of the molecule is N/C(=C\C=C(/N)N1CCC2(CCCN2)C1)c1ccc(N2C=CCN2)cc1O. The molecule has 7 N–H and O–H groups in total. The van der Waals surface area contributed by atoms with E-state index in [1.807, 2.05) is 35.5 Å². The van der Waals surface area contributed by atoms with E-state index in [4.69, 9.17) is 11.5 Å². The first-order valence-corrected chi connectivity index (χ1v) is 9.52. The Balaban J connectivity index is 1.45. The molecule has 1 aromatic carbocycles. The van der Waals surface area contributed by atoms with Crippen molar-refractivity contribution in [1.82, 2.24) is 15.6 Å². The molecule has 2 fully saturated rings. The highest BCUT2D eigenvalue weighted by Crippen LogP contribution is 2.31. The summed E-state index contributed by atoms with van der Waals surface area (Å²) in [4.78, 5) is 2.20. The van der Waals surface area contributed by atoms with Gasteiger partial charge in [-0.25, -0.2) is 5.43 Å². The summed E-state index contributed by atoms with van der Waals surface area (Å²) < 4.78 is 0. The van der Waals surface area contributed by atoms with Crippen molar-refractivity contribution in [3.63, 3.8) is 0 Å². The van der Waals surface area contributed by atoms with Crippen LogP contribution in [0.25, 0.3) is 5.70 Å². The molecule has 1 spiro atoms. The number of nitrogens with zero attached hydrogens (tertiary/aromatic N) is 2. The average molecular weight is 368 g/mol. The smallest absolute Gasteiger partial charge is 0.127 e. The fourth-order valence-electron chi connectivity index (χ4n) is 4.13. The Morgan fingerprint density at radius 1 is 1.22 bits per heavy atom. The highest BCUT2D eigenvalue weighted by atomic mass is 16.3. The molecule has 3 heterocycles. The average Bonchev–Trinajstić information content (AvgIpc) is 3.43. The van der Waals surface area contributed by atoms with Crippen molar-refractivity contribution in [2.75, 3.05) is 31.2 Å². The highest BCUT2D eigenvalue weighted by molar-refractivity contribution is 5.72. The summed E-state index contributed by atoms with van der Waals surface area (Å²) in [5, 5.41) is 15.9. The number of aromatic hydroxyl groups is 1. The number of nitrogens with two attached hydrogens (primary N) is 2. The number of likely N-dealkylation sites (tertiary alicyclic amines) is 1. The molecule has 0 amide bonds. The fraction of sp³-hybridized carbons (Fsp3) is 0.400. The van der Waals surface area contributed by atoms with Gasteiger partial charge in [-0.15, -0.1) is 0 Å². The molecule has 0 aliphatic carbocycles. The van der Waals surface area contributed by atoms with Gasteiger partial charge in [0.25, 0.3) is 0 Å². The summed E-state index contributed by atoms with van der Waals surface area (Å²) in [6.07, 6.45) is 11.1. The molecule has 4 rings (SSSR count). The monoisotopic (exact) mass is 368 g/mol. The van der Waals surface area contributed by atoms with E-state index in [0.717, 1.165) is 38.3 Å². The van der Waals surface area contributed by atoms with E-state index in [1.54, 1.807) is 12.1 Å². The zero-order valence-corrected chi connectivity index (χ0v) is 15.5. The highest BCUT2D eigenvalue weighted by Gasteiger charge is 2.40. The van der Waals surface area contributed by atoms with Gasteiger partial charge in [-0.2, -0.15) is 0 Å². The second-order valence-corrected chi connectivity index (χ2v) is 7.51. The number of anilines is 1. The number of hydrazine groups is 1. The molecule has 3 aliphatic rings. The Morgan fingerprint density at radius 2 is 2.11 bits per heavy atom. The topological polar surface area (TPSA) is 103 Å². The van der Waals surface area contributed by atoms with E-state index in [0.29, 0.717) is 17.1 Å². The molecule has 2 saturated heterocycles. The van der Waals surface area contributed by atoms with Crippen LogP contribution in [0.2, 0.25) is 0 Å². The molecule has 7 nitrogen and oxygen atoms in total. The summed E-state index contributed by atoms with van der Waals surface area (Å²) in [5.41, 5.74) is 17.8. The quantitative estimate of drug-likeness (QED) is 0.508. The van der Waals surface area contributed by atoms with Gasteiger partial charge in [0.05, 0.1) is 11.5 Å². The van der Waals surface area contributed by atoms with Crippen LogP contribution in [0.5, 0.6) is 5.75 Å². The molecule has 7 heteroatoms. The van der Waals surface area contributed by atoms with Crippen molar-refractivity contribution < 1.29 is 5.11 Å². The Bertz CT molecular complexity index is 794. The zero-order chi connectivity index (χ0) is 18.9. The number of phenolic OH excluding ortho intramolecular Hbond substituents is 1. The van der Waals surface area contributed by atoms with Gasteiger partial charge in [-0.3, -0.25) is 5.01 Å². The summed E-state index contributed by atoms with van der Waals surface area (Å²) in [6.45, 7) is 3.78. The summed E-state index contributed by atoms with van der Waals surface area (Å²) in [5.74, 6) is 0.858. The van der Waals surface area contributed by atoms with Crippen molar-refractivity contribution in [2.24, 2.45) is 11.5 Å². The summed E-state index contributed by atoms with van der Waals surface area (Å²) >= 11 is 0. The molecule has 1 aromatic rings. The lowest BCUT2D eigenvalue weighted by Crippen LogP contribution is -2.42. The lowest BCUT2D eigenvalue weighted by atomic mass is 9.97. The van der Waals surface area contributed by atoms with E-state index in [1.165, 1.54) is 12.8 Å². The van der Waals surface area contributed by atoms with Crippen LogP contribution in [-0.2, 0) is 0 Å². The Labute approximate surface area is 160 Å². The molecular formula is C20H28N6O. The summed E-state index contributed by atoms with van der Waals surface area (Å²) in [7, 11) is 0. The van der Waals surface area contributed by atoms with Gasteiger partial charge >= 0.3 is 0 Å².